The number of carbonyl (C=O) groups is 2. The Kier molecular flexibility index (Phi) is 7.36. The predicted molar refractivity (Wildman–Crippen MR) is 102 cm³/mol. The third kappa shape index (κ3) is 4.66. The maximum atomic E-state index is 12.6. The van der Waals surface area contributed by atoms with Gasteiger partial charge in [0, 0.05) is 5.70 Å². The summed E-state index contributed by atoms with van der Waals surface area (Å²) >= 11 is 6.37. The zero-order chi connectivity index (χ0) is 20.0. The number of esters is 1. The fourth-order valence-corrected chi connectivity index (χ4v) is 3.23. The van der Waals surface area contributed by atoms with Crippen LogP contribution in [0.2, 0.25) is 5.02 Å². The Bertz CT molecular complexity index is 748. The summed E-state index contributed by atoms with van der Waals surface area (Å²) in [6.45, 7) is 6.20. The molecule has 2 rings (SSSR count). The average molecular weight is 397 g/mol. The SMILES string of the molecule is CCCC1=C(C(=O)OCC)C(c2cc(Cl)c(OCC)c(OC)c2)NC(=O)N1. The molecule has 0 radical (unpaired) electrons. The number of amides is 2. The summed E-state index contributed by atoms with van der Waals surface area (Å²) < 4.78 is 16.1. The topological polar surface area (TPSA) is 85.9 Å². The van der Waals surface area contributed by atoms with Crippen molar-refractivity contribution in [1.29, 1.82) is 0 Å². The molecule has 0 saturated carbocycles. The van der Waals surface area contributed by atoms with Crippen LogP contribution in [0.1, 0.15) is 45.2 Å². The predicted octanol–water partition coefficient (Wildman–Crippen LogP) is 3.72. The van der Waals surface area contributed by atoms with E-state index in [2.05, 4.69) is 10.6 Å². The molecule has 0 saturated heterocycles. The van der Waals surface area contributed by atoms with Crippen LogP contribution in [-0.4, -0.2) is 32.3 Å². The first-order chi connectivity index (χ1) is 13.0. The Morgan fingerprint density at radius 2 is 1.96 bits per heavy atom. The molecule has 1 aromatic rings. The molecule has 1 aliphatic heterocycles. The van der Waals surface area contributed by atoms with Crippen LogP contribution in [0.15, 0.2) is 23.4 Å². The molecule has 7 nitrogen and oxygen atoms in total. The fourth-order valence-electron chi connectivity index (χ4n) is 2.96. The van der Waals surface area contributed by atoms with E-state index in [0.717, 1.165) is 6.42 Å². The minimum absolute atomic E-state index is 0.232. The second-order valence-electron chi connectivity index (χ2n) is 5.86. The lowest BCUT2D eigenvalue weighted by Crippen LogP contribution is -2.46. The van der Waals surface area contributed by atoms with Crippen molar-refractivity contribution in [3.05, 3.63) is 34.0 Å². The zero-order valence-corrected chi connectivity index (χ0v) is 16.7. The van der Waals surface area contributed by atoms with Crippen molar-refractivity contribution < 1.29 is 23.8 Å². The number of methoxy groups -OCH3 is 1. The minimum Gasteiger partial charge on any atom is -0.493 e. The molecule has 1 heterocycles. The van der Waals surface area contributed by atoms with Crippen molar-refractivity contribution in [2.45, 2.75) is 39.7 Å². The van der Waals surface area contributed by atoms with Crippen molar-refractivity contribution in [3.63, 3.8) is 0 Å². The van der Waals surface area contributed by atoms with Crippen molar-refractivity contribution in [2.24, 2.45) is 0 Å². The molecule has 148 valence electrons. The summed E-state index contributed by atoms with van der Waals surface area (Å²) in [5.41, 5.74) is 1.51. The summed E-state index contributed by atoms with van der Waals surface area (Å²) in [7, 11) is 1.50. The van der Waals surface area contributed by atoms with Gasteiger partial charge in [0.15, 0.2) is 11.5 Å². The Balaban J connectivity index is 2.58. The van der Waals surface area contributed by atoms with Gasteiger partial charge in [0.25, 0.3) is 0 Å². The molecule has 1 aliphatic rings. The van der Waals surface area contributed by atoms with Gasteiger partial charge in [0.05, 0.1) is 37.0 Å². The molecular formula is C19H25ClN2O5. The highest BCUT2D eigenvalue weighted by atomic mass is 35.5. The van der Waals surface area contributed by atoms with E-state index >= 15 is 0 Å². The molecule has 8 heteroatoms. The van der Waals surface area contributed by atoms with E-state index in [4.69, 9.17) is 25.8 Å². The summed E-state index contributed by atoms with van der Waals surface area (Å²) in [6, 6.07) is 2.27. The molecule has 0 bridgehead atoms. The number of hydrogen-bond donors (Lipinski definition) is 2. The molecule has 2 amide bonds. The maximum absolute atomic E-state index is 12.6. The van der Waals surface area contributed by atoms with Crippen molar-refractivity contribution in [2.75, 3.05) is 20.3 Å². The normalized spacial score (nSPS) is 16.5. The molecule has 1 aromatic carbocycles. The third-order valence-electron chi connectivity index (χ3n) is 4.02. The highest BCUT2D eigenvalue weighted by Gasteiger charge is 2.34. The lowest BCUT2D eigenvalue weighted by Gasteiger charge is -2.30. The van der Waals surface area contributed by atoms with E-state index in [1.165, 1.54) is 7.11 Å². The standard InChI is InChI=1S/C19H25ClN2O5/c1-5-8-13-15(18(23)27-7-3)16(22-19(24)21-13)11-9-12(20)17(26-6-2)14(10-11)25-4/h9-10,16H,5-8H2,1-4H3,(H2,21,22,24). The quantitative estimate of drug-likeness (QED) is 0.654. The van der Waals surface area contributed by atoms with Crippen LogP contribution in [0.4, 0.5) is 4.79 Å². The summed E-state index contributed by atoms with van der Waals surface area (Å²) in [4.78, 5) is 24.8. The lowest BCUT2D eigenvalue weighted by atomic mass is 9.93. The van der Waals surface area contributed by atoms with Gasteiger partial charge in [-0.3, -0.25) is 0 Å². The molecule has 27 heavy (non-hydrogen) atoms. The molecule has 0 spiro atoms. The first-order valence-electron chi connectivity index (χ1n) is 8.94. The molecule has 0 fully saturated rings. The zero-order valence-electron chi connectivity index (χ0n) is 16.0. The molecule has 1 atom stereocenters. The van der Waals surface area contributed by atoms with Crippen LogP contribution >= 0.6 is 11.6 Å². The van der Waals surface area contributed by atoms with Crippen LogP contribution in [-0.2, 0) is 9.53 Å². The number of allylic oxidation sites excluding steroid dienone is 1. The summed E-state index contributed by atoms with van der Waals surface area (Å²) in [6.07, 6.45) is 1.30. The highest BCUT2D eigenvalue weighted by Crippen LogP contribution is 2.40. The number of rotatable bonds is 8. The number of halogens is 1. The van der Waals surface area contributed by atoms with E-state index in [1.54, 1.807) is 19.1 Å². The van der Waals surface area contributed by atoms with Gasteiger partial charge in [-0.15, -0.1) is 0 Å². The van der Waals surface area contributed by atoms with Gasteiger partial charge >= 0.3 is 12.0 Å². The number of carbonyl (C=O) groups excluding carboxylic acids is 2. The van der Waals surface area contributed by atoms with Gasteiger partial charge < -0.3 is 24.8 Å². The van der Waals surface area contributed by atoms with Gasteiger partial charge in [-0.1, -0.05) is 24.9 Å². The van der Waals surface area contributed by atoms with Gasteiger partial charge in [0.1, 0.15) is 0 Å². The summed E-state index contributed by atoms with van der Waals surface area (Å²) in [5.74, 6) is 0.357. The van der Waals surface area contributed by atoms with Gasteiger partial charge in [-0.2, -0.15) is 0 Å². The lowest BCUT2D eigenvalue weighted by molar-refractivity contribution is -0.139. The van der Waals surface area contributed by atoms with E-state index in [-0.39, 0.29) is 12.6 Å². The number of nitrogens with one attached hydrogen (secondary N) is 2. The smallest absolute Gasteiger partial charge is 0.338 e. The largest absolute Gasteiger partial charge is 0.493 e. The average Bonchev–Trinajstić information content (AvgIpc) is 2.63. The first-order valence-corrected chi connectivity index (χ1v) is 9.32. The Morgan fingerprint density at radius 3 is 2.56 bits per heavy atom. The molecule has 2 N–H and O–H groups in total. The number of hydrogen-bond acceptors (Lipinski definition) is 5. The van der Waals surface area contributed by atoms with Gasteiger partial charge in [-0.25, -0.2) is 9.59 Å². The third-order valence-corrected chi connectivity index (χ3v) is 4.30. The monoisotopic (exact) mass is 396 g/mol. The first kappa shape index (κ1) is 20.9. The number of urea groups is 1. The number of benzene rings is 1. The minimum atomic E-state index is -0.707. The van der Waals surface area contributed by atoms with Crippen LogP contribution in [0, 0.1) is 0 Å². The van der Waals surface area contributed by atoms with E-state index in [1.807, 2.05) is 13.8 Å². The van der Waals surface area contributed by atoms with E-state index in [0.29, 0.717) is 46.4 Å². The van der Waals surface area contributed by atoms with Crippen molar-refractivity contribution in [3.8, 4) is 11.5 Å². The Labute approximate surface area is 164 Å². The van der Waals surface area contributed by atoms with Crippen molar-refractivity contribution >= 4 is 23.6 Å². The van der Waals surface area contributed by atoms with Gasteiger partial charge in [-0.05, 0) is 38.0 Å². The number of ether oxygens (including phenoxy) is 3. The summed E-state index contributed by atoms with van der Waals surface area (Å²) in [5, 5.41) is 5.83. The Morgan fingerprint density at radius 1 is 1.22 bits per heavy atom. The van der Waals surface area contributed by atoms with Crippen LogP contribution in [0.25, 0.3) is 0 Å². The highest BCUT2D eigenvalue weighted by molar-refractivity contribution is 6.32. The second kappa shape index (κ2) is 9.50. The van der Waals surface area contributed by atoms with Crippen LogP contribution < -0.4 is 20.1 Å². The molecular weight excluding hydrogens is 372 g/mol. The molecule has 0 aliphatic carbocycles. The van der Waals surface area contributed by atoms with Crippen LogP contribution in [0.3, 0.4) is 0 Å². The van der Waals surface area contributed by atoms with Crippen LogP contribution in [0.5, 0.6) is 11.5 Å². The molecule has 0 aromatic heterocycles. The Hall–Kier alpha value is -2.41. The van der Waals surface area contributed by atoms with E-state index < -0.39 is 12.0 Å². The van der Waals surface area contributed by atoms with Crippen molar-refractivity contribution in [1.82, 2.24) is 10.6 Å². The second-order valence-corrected chi connectivity index (χ2v) is 6.27. The van der Waals surface area contributed by atoms with Gasteiger partial charge in [0.2, 0.25) is 0 Å². The maximum Gasteiger partial charge on any atom is 0.338 e. The molecule has 1 unspecified atom stereocenters. The fraction of sp³-hybridized carbons (Fsp3) is 0.474. The van der Waals surface area contributed by atoms with E-state index in [9.17, 15) is 9.59 Å².